The number of nitrogens with zero attached hydrogens (tertiary/aromatic N) is 2. The summed E-state index contributed by atoms with van der Waals surface area (Å²) in [6.45, 7) is 7.94. The van der Waals surface area contributed by atoms with Crippen molar-refractivity contribution in [2.75, 3.05) is 13.2 Å². The number of carbonyl (C=O) groups excluding carboxylic acids is 3. The second-order valence-electron chi connectivity index (χ2n) is 6.21. The van der Waals surface area contributed by atoms with Crippen molar-refractivity contribution in [3.8, 4) is 0 Å². The summed E-state index contributed by atoms with van der Waals surface area (Å²) in [6, 6.07) is 3.04. The van der Waals surface area contributed by atoms with Crippen LogP contribution in [-0.2, 0) is 16.0 Å². The molecule has 0 bridgehead atoms. The molecule has 0 spiro atoms. The van der Waals surface area contributed by atoms with Crippen molar-refractivity contribution in [3.05, 3.63) is 51.6 Å². The maximum Gasteiger partial charge on any atom is 0.359 e. The quantitative estimate of drug-likeness (QED) is 0.533. The minimum atomic E-state index is -0.726. The van der Waals surface area contributed by atoms with Gasteiger partial charge in [-0.2, -0.15) is 5.10 Å². The standard InChI is InChI=1S/C20H23FN2O5/c1-6-27-19(25)17-13(5)18(20(26)28-7-2)23(22-17)10-15(24)14-9-8-11(3)12(4)16(14)21/h8-9H,6-7,10H2,1-5H3. The summed E-state index contributed by atoms with van der Waals surface area (Å²) < 4.78 is 25.5. The van der Waals surface area contributed by atoms with Crippen molar-refractivity contribution < 1.29 is 28.2 Å². The molecular formula is C20H23FN2O5. The van der Waals surface area contributed by atoms with Crippen molar-refractivity contribution in [2.45, 2.75) is 41.2 Å². The Morgan fingerprint density at radius 3 is 2.21 bits per heavy atom. The van der Waals surface area contributed by atoms with Gasteiger partial charge in [0.2, 0.25) is 0 Å². The number of ether oxygens (including phenoxy) is 2. The molecule has 28 heavy (non-hydrogen) atoms. The van der Waals surface area contributed by atoms with Crippen molar-refractivity contribution >= 4 is 17.7 Å². The van der Waals surface area contributed by atoms with Crippen molar-refractivity contribution in [1.82, 2.24) is 9.78 Å². The van der Waals surface area contributed by atoms with Crippen LogP contribution < -0.4 is 0 Å². The molecule has 1 aromatic carbocycles. The molecule has 0 aliphatic carbocycles. The van der Waals surface area contributed by atoms with Crippen LogP contribution in [0.3, 0.4) is 0 Å². The third kappa shape index (κ3) is 4.11. The zero-order valence-corrected chi connectivity index (χ0v) is 16.6. The molecule has 1 aromatic heterocycles. The number of esters is 2. The molecular weight excluding hydrogens is 367 g/mol. The van der Waals surface area contributed by atoms with Crippen LogP contribution in [0.2, 0.25) is 0 Å². The summed E-state index contributed by atoms with van der Waals surface area (Å²) >= 11 is 0. The average Bonchev–Trinajstić information content (AvgIpc) is 2.96. The molecule has 0 aliphatic rings. The zero-order chi connectivity index (χ0) is 21.0. The van der Waals surface area contributed by atoms with Gasteiger partial charge in [0.15, 0.2) is 17.2 Å². The number of Topliss-reactive ketones (excluding diaryl/α,β-unsaturated/α-hetero) is 1. The van der Waals surface area contributed by atoms with E-state index in [1.807, 2.05) is 0 Å². The SMILES string of the molecule is CCOC(=O)c1nn(CC(=O)c2ccc(C)c(C)c2F)c(C(=O)OCC)c1C. The van der Waals surface area contributed by atoms with E-state index in [9.17, 15) is 18.8 Å². The Morgan fingerprint density at radius 2 is 1.61 bits per heavy atom. The molecule has 150 valence electrons. The topological polar surface area (TPSA) is 87.5 Å². The lowest BCUT2D eigenvalue weighted by atomic mass is 10.0. The second kappa shape index (κ2) is 8.77. The van der Waals surface area contributed by atoms with Crippen molar-refractivity contribution in [3.63, 3.8) is 0 Å². The molecule has 0 atom stereocenters. The van der Waals surface area contributed by atoms with E-state index in [-0.39, 0.29) is 35.7 Å². The van der Waals surface area contributed by atoms with Crippen LogP contribution in [0, 0.1) is 26.6 Å². The van der Waals surface area contributed by atoms with Gasteiger partial charge in [-0.05, 0) is 51.8 Å². The van der Waals surface area contributed by atoms with E-state index in [0.29, 0.717) is 5.56 Å². The van der Waals surface area contributed by atoms with Gasteiger partial charge in [-0.15, -0.1) is 0 Å². The lowest BCUT2D eigenvalue weighted by Gasteiger charge is -2.10. The molecule has 0 N–H and O–H groups in total. The molecule has 2 aromatic rings. The highest BCUT2D eigenvalue weighted by Gasteiger charge is 2.28. The van der Waals surface area contributed by atoms with Crippen LogP contribution in [0.5, 0.6) is 0 Å². The Morgan fingerprint density at radius 1 is 1.00 bits per heavy atom. The number of hydrogen-bond acceptors (Lipinski definition) is 6. The molecule has 0 saturated carbocycles. The van der Waals surface area contributed by atoms with Crippen LogP contribution in [0.1, 0.15) is 61.9 Å². The maximum absolute atomic E-state index is 14.5. The van der Waals surface area contributed by atoms with Crippen LogP contribution in [0.25, 0.3) is 0 Å². The van der Waals surface area contributed by atoms with Gasteiger partial charge in [-0.25, -0.2) is 18.7 Å². The third-order valence-corrected chi connectivity index (χ3v) is 4.38. The number of rotatable bonds is 7. The first-order valence-corrected chi connectivity index (χ1v) is 8.93. The lowest BCUT2D eigenvalue weighted by Crippen LogP contribution is -2.20. The van der Waals surface area contributed by atoms with Crippen molar-refractivity contribution in [1.29, 1.82) is 0 Å². The predicted molar refractivity (Wildman–Crippen MR) is 99.1 cm³/mol. The van der Waals surface area contributed by atoms with Gasteiger partial charge in [-0.1, -0.05) is 6.07 Å². The molecule has 8 heteroatoms. The summed E-state index contributed by atoms with van der Waals surface area (Å²) in [6.07, 6.45) is 0. The fraction of sp³-hybridized carbons (Fsp3) is 0.400. The number of aryl methyl sites for hydroxylation is 1. The summed E-state index contributed by atoms with van der Waals surface area (Å²) in [5.41, 5.74) is 1.11. The first-order valence-electron chi connectivity index (χ1n) is 8.93. The smallest absolute Gasteiger partial charge is 0.359 e. The van der Waals surface area contributed by atoms with Crippen LogP contribution in [-0.4, -0.2) is 40.7 Å². The van der Waals surface area contributed by atoms with E-state index in [1.54, 1.807) is 33.8 Å². The van der Waals surface area contributed by atoms with E-state index in [1.165, 1.54) is 13.0 Å². The van der Waals surface area contributed by atoms with Gasteiger partial charge in [0.25, 0.3) is 0 Å². The highest BCUT2D eigenvalue weighted by atomic mass is 19.1. The predicted octanol–water partition coefficient (Wildman–Crippen LogP) is 3.18. The number of ketones is 1. The third-order valence-electron chi connectivity index (χ3n) is 4.38. The number of carbonyl (C=O) groups is 3. The van der Waals surface area contributed by atoms with Crippen LogP contribution >= 0.6 is 0 Å². The van der Waals surface area contributed by atoms with Crippen molar-refractivity contribution in [2.24, 2.45) is 0 Å². The Bertz CT molecular complexity index is 933. The fourth-order valence-electron chi connectivity index (χ4n) is 2.74. The van der Waals surface area contributed by atoms with E-state index in [0.717, 1.165) is 10.2 Å². The Balaban J connectivity index is 2.47. The van der Waals surface area contributed by atoms with Crippen LogP contribution in [0.4, 0.5) is 4.39 Å². The van der Waals surface area contributed by atoms with Crippen LogP contribution in [0.15, 0.2) is 12.1 Å². The molecule has 0 amide bonds. The number of aromatic nitrogens is 2. The summed E-state index contributed by atoms with van der Waals surface area (Å²) in [4.78, 5) is 37.1. The minimum Gasteiger partial charge on any atom is -0.461 e. The maximum atomic E-state index is 14.5. The fourth-order valence-corrected chi connectivity index (χ4v) is 2.74. The summed E-state index contributed by atoms with van der Waals surface area (Å²) in [7, 11) is 0. The highest BCUT2D eigenvalue weighted by Crippen LogP contribution is 2.20. The Labute approximate surface area is 162 Å². The summed E-state index contributed by atoms with van der Waals surface area (Å²) in [5, 5.41) is 4.06. The van der Waals surface area contributed by atoms with Gasteiger partial charge in [0, 0.05) is 5.56 Å². The van der Waals surface area contributed by atoms with E-state index in [2.05, 4.69) is 5.10 Å². The summed E-state index contributed by atoms with van der Waals surface area (Å²) in [5.74, 6) is -2.63. The minimum absolute atomic E-state index is 0.0394. The van der Waals surface area contributed by atoms with Gasteiger partial charge in [0.1, 0.15) is 12.4 Å². The molecule has 2 rings (SSSR count). The van der Waals surface area contributed by atoms with E-state index >= 15 is 0 Å². The van der Waals surface area contributed by atoms with Gasteiger partial charge >= 0.3 is 11.9 Å². The molecule has 1 heterocycles. The van der Waals surface area contributed by atoms with E-state index < -0.39 is 30.1 Å². The normalized spacial score (nSPS) is 10.6. The molecule has 0 radical (unpaired) electrons. The molecule has 0 aliphatic heterocycles. The molecule has 0 saturated heterocycles. The van der Waals surface area contributed by atoms with Gasteiger partial charge in [-0.3, -0.25) is 4.79 Å². The first kappa shape index (κ1) is 21.3. The molecule has 0 fully saturated rings. The van der Waals surface area contributed by atoms with Gasteiger partial charge < -0.3 is 9.47 Å². The first-order chi connectivity index (χ1) is 13.2. The second-order valence-corrected chi connectivity index (χ2v) is 6.21. The van der Waals surface area contributed by atoms with Gasteiger partial charge in [0.05, 0.1) is 18.8 Å². The molecule has 7 nitrogen and oxygen atoms in total. The Kier molecular flexibility index (Phi) is 6.66. The largest absolute Gasteiger partial charge is 0.461 e. The van der Waals surface area contributed by atoms with E-state index in [4.69, 9.17) is 9.47 Å². The average molecular weight is 390 g/mol. The highest BCUT2D eigenvalue weighted by molar-refractivity contribution is 5.99. The monoisotopic (exact) mass is 390 g/mol. The Hall–Kier alpha value is -3.03. The zero-order valence-electron chi connectivity index (χ0n) is 16.6. The lowest BCUT2D eigenvalue weighted by molar-refractivity contribution is 0.0505. The number of benzene rings is 1. The molecule has 0 unspecified atom stereocenters. The number of hydrogen-bond donors (Lipinski definition) is 0. The number of halogens is 1.